The second-order valence-corrected chi connectivity index (χ2v) is 19.3. The van der Waals surface area contributed by atoms with Crippen LogP contribution in [0.1, 0.15) is 316 Å². The van der Waals surface area contributed by atoms with Crippen molar-refractivity contribution in [3.63, 3.8) is 0 Å². The SMILES string of the molecule is CCCCCCCCCCCCCCCCCCCCCCC(O)C(CO)NC(=O)CCCCCCCCCCCOC(=O)CCCCCCCCCCCCCCCCC. The maximum atomic E-state index is 12.5. The minimum Gasteiger partial charge on any atom is -0.466 e. The van der Waals surface area contributed by atoms with Crippen molar-refractivity contribution in [3.8, 4) is 0 Å². The number of hydrogen-bond donors (Lipinski definition) is 3. The highest BCUT2D eigenvalue weighted by Crippen LogP contribution is 2.18. The first-order chi connectivity index (χ1) is 30.0. The monoisotopic (exact) mass is 864 g/mol. The molecule has 2 atom stereocenters. The van der Waals surface area contributed by atoms with Crippen LogP contribution in [-0.2, 0) is 14.3 Å². The van der Waals surface area contributed by atoms with Crippen LogP contribution in [0.4, 0.5) is 0 Å². The zero-order valence-electron chi connectivity index (χ0n) is 41.4. The molecule has 0 saturated heterocycles. The summed E-state index contributed by atoms with van der Waals surface area (Å²) in [5.41, 5.74) is 0. The van der Waals surface area contributed by atoms with Crippen LogP contribution in [0.15, 0.2) is 0 Å². The van der Waals surface area contributed by atoms with Crippen molar-refractivity contribution in [2.75, 3.05) is 13.2 Å². The summed E-state index contributed by atoms with van der Waals surface area (Å²) < 4.78 is 5.46. The van der Waals surface area contributed by atoms with E-state index >= 15 is 0 Å². The summed E-state index contributed by atoms with van der Waals surface area (Å²) in [6.07, 6.45) is 57.9. The number of aliphatic hydroxyl groups excluding tert-OH is 2. The fourth-order valence-electron chi connectivity index (χ4n) is 8.88. The van der Waals surface area contributed by atoms with Crippen LogP contribution in [-0.4, -0.2) is 47.4 Å². The summed E-state index contributed by atoms with van der Waals surface area (Å²) in [6, 6.07) is -0.560. The molecule has 0 heterocycles. The van der Waals surface area contributed by atoms with E-state index in [1.165, 1.54) is 225 Å². The van der Waals surface area contributed by atoms with Gasteiger partial charge in [-0.1, -0.05) is 277 Å². The van der Waals surface area contributed by atoms with Crippen molar-refractivity contribution < 1.29 is 24.5 Å². The predicted octanol–water partition coefficient (Wildman–Crippen LogP) is 16.7. The van der Waals surface area contributed by atoms with Crippen LogP contribution in [0, 0.1) is 0 Å². The van der Waals surface area contributed by atoms with E-state index in [0.29, 0.717) is 25.9 Å². The van der Waals surface area contributed by atoms with Gasteiger partial charge in [-0.05, 0) is 25.7 Å². The highest BCUT2D eigenvalue weighted by Gasteiger charge is 2.20. The Bertz CT molecular complexity index is 867. The summed E-state index contributed by atoms with van der Waals surface area (Å²) in [5, 5.41) is 23.3. The molecule has 3 N–H and O–H groups in total. The number of esters is 1. The Kier molecular flexibility index (Phi) is 50.5. The van der Waals surface area contributed by atoms with Crippen molar-refractivity contribution in [2.24, 2.45) is 0 Å². The molecule has 6 nitrogen and oxygen atoms in total. The van der Waals surface area contributed by atoms with Crippen molar-refractivity contribution in [2.45, 2.75) is 328 Å². The molecule has 0 aromatic heterocycles. The topological polar surface area (TPSA) is 95.9 Å². The molecule has 0 radical (unpaired) electrons. The maximum Gasteiger partial charge on any atom is 0.305 e. The first-order valence-corrected chi connectivity index (χ1v) is 27.8. The lowest BCUT2D eigenvalue weighted by atomic mass is 10.0. The van der Waals surface area contributed by atoms with Crippen LogP contribution in [0.2, 0.25) is 0 Å². The Morgan fingerprint density at radius 1 is 0.393 bits per heavy atom. The van der Waals surface area contributed by atoms with Gasteiger partial charge in [-0.3, -0.25) is 9.59 Å². The van der Waals surface area contributed by atoms with Gasteiger partial charge < -0.3 is 20.3 Å². The molecule has 0 fully saturated rings. The zero-order chi connectivity index (χ0) is 44.4. The molecule has 0 saturated carbocycles. The van der Waals surface area contributed by atoms with E-state index in [1.54, 1.807) is 0 Å². The lowest BCUT2D eigenvalue weighted by Gasteiger charge is -2.22. The van der Waals surface area contributed by atoms with Crippen LogP contribution < -0.4 is 5.32 Å². The van der Waals surface area contributed by atoms with Crippen LogP contribution in [0.3, 0.4) is 0 Å². The van der Waals surface area contributed by atoms with Crippen molar-refractivity contribution in [1.82, 2.24) is 5.32 Å². The third-order valence-electron chi connectivity index (χ3n) is 13.2. The highest BCUT2D eigenvalue weighted by atomic mass is 16.5. The van der Waals surface area contributed by atoms with E-state index in [4.69, 9.17) is 4.74 Å². The third kappa shape index (κ3) is 48.2. The van der Waals surface area contributed by atoms with Gasteiger partial charge >= 0.3 is 5.97 Å². The second-order valence-electron chi connectivity index (χ2n) is 19.3. The molecule has 364 valence electrons. The van der Waals surface area contributed by atoms with Gasteiger partial charge in [-0.15, -0.1) is 0 Å². The zero-order valence-corrected chi connectivity index (χ0v) is 41.4. The summed E-state index contributed by atoms with van der Waals surface area (Å²) in [7, 11) is 0. The van der Waals surface area contributed by atoms with Crippen molar-refractivity contribution in [3.05, 3.63) is 0 Å². The number of ether oxygens (including phenoxy) is 1. The molecule has 0 aromatic rings. The summed E-state index contributed by atoms with van der Waals surface area (Å²) >= 11 is 0. The predicted molar refractivity (Wildman–Crippen MR) is 264 cm³/mol. The molecule has 0 aliphatic rings. The number of carbonyl (C=O) groups is 2. The summed E-state index contributed by atoms with van der Waals surface area (Å²) in [6.45, 7) is 4.92. The van der Waals surface area contributed by atoms with Gasteiger partial charge in [-0.2, -0.15) is 0 Å². The standard InChI is InChI=1S/C55H109NO5/c1-3-5-7-9-11-13-15-17-19-20-21-22-23-25-26-28-31-35-39-43-47-53(58)52(51-57)56-54(59)48-44-40-36-32-30-34-38-42-46-50-61-55(60)49-45-41-37-33-29-27-24-18-16-14-12-10-8-6-4-2/h52-53,57-58H,3-51H2,1-2H3,(H,56,59). The molecule has 6 heteroatoms. The lowest BCUT2D eigenvalue weighted by molar-refractivity contribution is -0.143. The Morgan fingerprint density at radius 2 is 0.672 bits per heavy atom. The molecule has 0 bridgehead atoms. The molecular weight excluding hydrogens is 755 g/mol. The molecule has 0 rings (SSSR count). The first kappa shape index (κ1) is 59.9. The number of carbonyl (C=O) groups excluding carboxylic acids is 2. The lowest BCUT2D eigenvalue weighted by Crippen LogP contribution is -2.45. The fourth-order valence-corrected chi connectivity index (χ4v) is 8.88. The van der Waals surface area contributed by atoms with Gasteiger partial charge in [0.05, 0.1) is 25.4 Å². The van der Waals surface area contributed by atoms with E-state index in [0.717, 1.165) is 57.8 Å². The minimum atomic E-state index is -0.680. The van der Waals surface area contributed by atoms with Gasteiger partial charge in [-0.25, -0.2) is 0 Å². The Balaban J connectivity index is 3.46. The smallest absolute Gasteiger partial charge is 0.305 e. The number of hydrogen-bond acceptors (Lipinski definition) is 5. The van der Waals surface area contributed by atoms with E-state index in [1.807, 2.05) is 0 Å². The maximum absolute atomic E-state index is 12.5. The van der Waals surface area contributed by atoms with E-state index < -0.39 is 12.1 Å². The van der Waals surface area contributed by atoms with Crippen molar-refractivity contribution >= 4 is 11.9 Å². The summed E-state index contributed by atoms with van der Waals surface area (Å²) in [5.74, 6) is -0.0790. The van der Waals surface area contributed by atoms with Gasteiger partial charge in [0.2, 0.25) is 5.91 Å². The molecule has 0 aliphatic heterocycles. The molecule has 1 amide bonds. The van der Waals surface area contributed by atoms with Crippen LogP contribution >= 0.6 is 0 Å². The normalized spacial score (nSPS) is 12.5. The Morgan fingerprint density at radius 3 is 1.00 bits per heavy atom. The molecule has 0 spiro atoms. The van der Waals surface area contributed by atoms with Crippen LogP contribution in [0.25, 0.3) is 0 Å². The van der Waals surface area contributed by atoms with Gasteiger partial charge in [0.15, 0.2) is 0 Å². The number of rotatable bonds is 52. The van der Waals surface area contributed by atoms with Gasteiger partial charge in [0, 0.05) is 12.8 Å². The highest BCUT2D eigenvalue weighted by molar-refractivity contribution is 5.76. The summed E-state index contributed by atoms with van der Waals surface area (Å²) in [4.78, 5) is 24.5. The van der Waals surface area contributed by atoms with Crippen LogP contribution in [0.5, 0.6) is 0 Å². The quantitative estimate of drug-likeness (QED) is 0.0418. The van der Waals surface area contributed by atoms with E-state index in [9.17, 15) is 19.8 Å². The first-order valence-electron chi connectivity index (χ1n) is 27.8. The largest absolute Gasteiger partial charge is 0.466 e. The minimum absolute atomic E-state index is 0.0207. The molecule has 0 aliphatic carbocycles. The second kappa shape index (κ2) is 51.5. The molecule has 61 heavy (non-hydrogen) atoms. The van der Waals surface area contributed by atoms with E-state index in [2.05, 4.69) is 19.2 Å². The molecule has 2 unspecified atom stereocenters. The van der Waals surface area contributed by atoms with Gasteiger partial charge in [0.1, 0.15) is 0 Å². The molecule has 0 aromatic carbocycles. The number of amides is 1. The average Bonchev–Trinajstić information content (AvgIpc) is 3.26. The fraction of sp³-hybridized carbons (Fsp3) is 0.964. The number of unbranched alkanes of at least 4 members (excludes halogenated alkanes) is 41. The van der Waals surface area contributed by atoms with E-state index in [-0.39, 0.29) is 18.5 Å². The number of nitrogens with one attached hydrogen (secondary N) is 1. The Hall–Kier alpha value is -1.14. The van der Waals surface area contributed by atoms with Gasteiger partial charge in [0.25, 0.3) is 0 Å². The molecular formula is C55H109NO5. The van der Waals surface area contributed by atoms with Crippen molar-refractivity contribution in [1.29, 1.82) is 0 Å². The Labute approximate surface area is 381 Å². The third-order valence-corrected chi connectivity index (χ3v) is 13.2. The average molecular weight is 864 g/mol. The number of aliphatic hydroxyl groups is 2.